The highest BCUT2D eigenvalue weighted by Gasteiger charge is 2.27. The molecule has 2 unspecified atom stereocenters. The molecule has 0 saturated carbocycles. The Balaban J connectivity index is 2.17. The molecule has 1 saturated heterocycles. The Morgan fingerprint density at radius 1 is 1.57 bits per heavy atom. The third-order valence-corrected chi connectivity index (χ3v) is 4.01. The molecule has 1 fully saturated rings. The number of amides is 1. The molecule has 4 N–H and O–H groups in total. The Morgan fingerprint density at radius 3 is 2.81 bits per heavy atom. The standard InChI is InChI=1S/C14H20N4O3/c1-9(15)11-4-5-17(7-11)8-12-3-2-10(14(16)19)6-13(12)18(20)21/h2-3,6,9,11H,4-5,7-8,15H2,1H3,(H2,16,19). The van der Waals surface area contributed by atoms with E-state index in [2.05, 4.69) is 4.90 Å². The molecule has 1 aliphatic rings. The summed E-state index contributed by atoms with van der Waals surface area (Å²) in [5.74, 6) is -0.239. The topological polar surface area (TPSA) is 115 Å². The Morgan fingerprint density at radius 2 is 2.29 bits per heavy atom. The highest BCUT2D eigenvalue weighted by atomic mass is 16.6. The van der Waals surface area contributed by atoms with Gasteiger partial charge in [-0.1, -0.05) is 6.07 Å². The summed E-state index contributed by atoms with van der Waals surface area (Å²) in [6.45, 7) is 4.18. The highest BCUT2D eigenvalue weighted by molar-refractivity contribution is 5.93. The van der Waals surface area contributed by atoms with Gasteiger partial charge < -0.3 is 11.5 Å². The first kappa shape index (κ1) is 15.4. The number of carbonyl (C=O) groups excluding carboxylic acids is 1. The van der Waals surface area contributed by atoms with Gasteiger partial charge in [-0.2, -0.15) is 0 Å². The molecule has 114 valence electrons. The van der Waals surface area contributed by atoms with Crippen LogP contribution in [0.25, 0.3) is 0 Å². The number of nitro groups is 1. The molecular formula is C14H20N4O3. The molecule has 21 heavy (non-hydrogen) atoms. The lowest BCUT2D eigenvalue weighted by Gasteiger charge is -2.18. The van der Waals surface area contributed by atoms with E-state index in [9.17, 15) is 14.9 Å². The molecule has 7 heteroatoms. The second-order valence-corrected chi connectivity index (χ2v) is 5.61. The largest absolute Gasteiger partial charge is 0.366 e. The van der Waals surface area contributed by atoms with E-state index in [0.717, 1.165) is 19.5 Å². The first-order valence-corrected chi connectivity index (χ1v) is 6.93. The van der Waals surface area contributed by atoms with Crippen molar-refractivity contribution < 1.29 is 9.72 Å². The maximum Gasteiger partial charge on any atom is 0.274 e. The van der Waals surface area contributed by atoms with E-state index in [4.69, 9.17) is 11.5 Å². The lowest BCUT2D eigenvalue weighted by Crippen LogP contribution is -2.29. The van der Waals surface area contributed by atoms with Gasteiger partial charge in [0.05, 0.1) is 4.92 Å². The van der Waals surface area contributed by atoms with Crippen molar-refractivity contribution in [3.05, 3.63) is 39.4 Å². The van der Waals surface area contributed by atoms with Gasteiger partial charge in [-0.25, -0.2) is 0 Å². The molecule has 1 aliphatic heterocycles. The van der Waals surface area contributed by atoms with Gasteiger partial charge in [-0.3, -0.25) is 19.8 Å². The number of carbonyl (C=O) groups is 1. The van der Waals surface area contributed by atoms with E-state index < -0.39 is 10.8 Å². The summed E-state index contributed by atoms with van der Waals surface area (Å²) in [4.78, 5) is 24.0. The van der Waals surface area contributed by atoms with Crippen molar-refractivity contribution >= 4 is 11.6 Å². The Kier molecular flexibility index (Phi) is 4.54. The second kappa shape index (κ2) is 6.19. The van der Waals surface area contributed by atoms with Crippen molar-refractivity contribution in [2.24, 2.45) is 17.4 Å². The zero-order valence-electron chi connectivity index (χ0n) is 12.0. The van der Waals surface area contributed by atoms with Crippen LogP contribution < -0.4 is 11.5 Å². The second-order valence-electron chi connectivity index (χ2n) is 5.61. The van der Waals surface area contributed by atoms with E-state index in [1.807, 2.05) is 6.92 Å². The van der Waals surface area contributed by atoms with Crippen LogP contribution in [-0.2, 0) is 6.54 Å². The number of likely N-dealkylation sites (tertiary alicyclic amines) is 1. The quantitative estimate of drug-likeness (QED) is 0.617. The van der Waals surface area contributed by atoms with Crippen molar-refractivity contribution in [2.75, 3.05) is 13.1 Å². The molecule has 2 atom stereocenters. The van der Waals surface area contributed by atoms with Crippen LogP contribution in [0.5, 0.6) is 0 Å². The summed E-state index contributed by atoms with van der Waals surface area (Å²) in [6, 6.07) is 4.51. The molecule has 1 aromatic carbocycles. The number of nitro benzene ring substituents is 1. The molecule has 0 radical (unpaired) electrons. The number of primary amides is 1. The molecule has 0 aliphatic carbocycles. The molecule has 1 heterocycles. The van der Waals surface area contributed by atoms with Crippen LogP contribution in [0.1, 0.15) is 29.3 Å². The van der Waals surface area contributed by atoms with Crippen LogP contribution >= 0.6 is 0 Å². The van der Waals surface area contributed by atoms with Crippen LogP contribution in [0.15, 0.2) is 18.2 Å². The minimum Gasteiger partial charge on any atom is -0.366 e. The zero-order valence-corrected chi connectivity index (χ0v) is 12.0. The van der Waals surface area contributed by atoms with E-state index in [-0.39, 0.29) is 17.3 Å². The molecule has 1 aromatic rings. The van der Waals surface area contributed by atoms with Crippen LogP contribution in [-0.4, -0.2) is 34.9 Å². The summed E-state index contributed by atoms with van der Waals surface area (Å²) >= 11 is 0. The lowest BCUT2D eigenvalue weighted by molar-refractivity contribution is -0.385. The number of benzene rings is 1. The van der Waals surface area contributed by atoms with Crippen LogP contribution in [0, 0.1) is 16.0 Å². The van der Waals surface area contributed by atoms with E-state index in [1.165, 1.54) is 12.1 Å². The van der Waals surface area contributed by atoms with Crippen LogP contribution in [0.3, 0.4) is 0 Å². The van der Waals surface area contributed by atoms with Crippen molar-refractivity contribution in [3.63, 3.8) is 0 Å². The molecular weight excluding hydrogens is 272 g/mol. The highest BCUT2D eigenvalue weighted by Crippen LogP contribution is 2.25. The third kappa shape index (κ3) is 3.56. The molecule has 7 nitrogen and oxygen atoms in total. The van der Waals surface area contributed by atoms with Crippen LogP contribution in [0.2, 0.25) is 0 Å². The van der Waals surface area contributed by atoms with Gasteiger partial charge in [0.25, 0.3) is 5.69 Å². The van der Waals surface area contributed by atoms with Gasteiger partial charge in [-0.15, -0.1) is 0 Å². The molecule has 0 spiro atoms. The van der Waals surface area contributed by atoms with E-state index in [0.29, 0.717) is 18.0 Å². The SMILES string of the molecule is CC(N)C1CCN(Cc2ccc(C(N)=O)cc2[N+](=O)[O-])C1. The van der Waals surface area contributed by atoms with Gasteiger partial charge in [0, 0.05) is 36.3 Å². The first-order valence-electron chi connectivity index (χ1n) is 6.93. The average Bonchev–Trinajstić information content (AvgIpc) is 2.87. The Labute approximate surface area is 123 Å². The Bertz CT molecular complexity index is 559. The fourth-order valence-electron chi connectivity index (χ4n) is 2.70. The number of nitrogens with zero attached hydrogens (tertiary/aromatic N) is 2. The number of hydrogen-bond acceptors (Lipinski definition) is 5. The smallest absolute Gasteiger partial charge is 0.274 e. The predicted octanol–water partition coefficient (Wildman–Crippen LogP) is 0.863. The van der Waals surface area contributed by atoms with Crippen molar-refractivity contribution in [2.45, 2.75) is 25.9 Å². The summed E-state index contributed by atoms with van der Waals surface area (Å²) in [5, 5.41) is 11.2. The maximum atomic E-state index is 11.2. The average molecular weight is 292 g/mol. The summed E-state index contributed by atoms with van der Waals surface area (Å²) in [5.41, 5.74) is 11.7. The van der Waals surface area contributed by atoms with Crippen molar-refractivity contribution in [1.29, 1.82) is 0 Å². The first-order chi connectivity index (χ1) is 9.88. The van der Waals surface area contributed by atoms with Crippen LogP contribution in [0.4, 0.5) is 5.69 Å². The fourth-order valence-corrected chi connectivity index (χ4v) is 2.70. The van der Waals surface area contributed by atoms with E-state index >= 15 is 0 Å². The van der Waals surface area contributed by atoms with Gasteiger partial charge >= 0.3 is 0 Å². The molecule has 0 bridgehead atoms. The number of hydrogen-bond donors (Lipinski definition) is 2. The van der Waals surface area contributed by atoms with Gasteiger partial charge in [0.15, 0.2) is 0 Å². The summed E-state index contributed by atoms with van der Waals surface area (Å²) in [7, 11) is 0. The molecule has 2 rings (SSSR count). The zero-order chi connectivity index (χ0) is 15.6. The number of rotatable bonds is 5. The van der Waals surface area contributed by atoms with Gasteiger partial charge in [-0.05, 0) is 31.9 Å². The predicted molar refractivity (Wildman–Crippen MR) is 78.6 cm³/mol. The van der Waals surface area contributed by atoms with Crippen molar-refractivity contribution in [3.8, 4) is 0 Å². The fraction of sp³-hybridized carbons (Fsp3) is 0.500. The maximum absolute atomic E-state index is 11.2. The normalized spacial score (nSPS) is 20.4. The van der Waals surface area contributed by atoms with Crippen molar-refractivity contribution in [1.82, 2.24) is 4.90 Å². The summed E-state index contributed by atoms with van der Waals surface area (Å²) in [6.07, 6.45) is 1.00. The lowest BCUT2D eigenvalue weighted by atomic mass is 10.0. The third-order valence-electron chi connectivity index (χ3n) is 4.01. The minimum absolute atomic E-state index is 0.0597. The monoisotopic (exact) mass is 292 g/mol. The van der Waals surface area contributed by atoms with Gasteiger partial charge in [0.1, 0.15) is 0 Å². The Hall–Kier alpha value is -1.99. The molecule has 1 amide bonds. The summed E-state index contributed by atoms with van der Waals surface area (Å²) < 4.78 is 0. The van der Waals surface area contributed by atoms with Gasteiger partial charge in [0.2, 0.25) is 5.91 Å². The molecule has 0 aromatic heterocycles. The van der Waals surface area contributed by atoms with E-state index in [1.54, 1.807) is 6.07 Å². The number of nitrogens with two attached hydrogens (primary N) is 2. The minimum atomic E-state index is -0.664.